The highest BCUT2D eigenvalue weighted by atomic mass is 79.9. The van der Waals surface area contributed by atoms with Crippen molar-refractivity contribution < 1.29 is 4.21 Å². The minimum Gasteiger partial charge on any atom is -0.312 e. The molecular formula is C13H20BrNOS. The van der Waals surface area contributed by atoms with Crippen molar-refractivity contribution in [1.82, 2.24) is 5.32 Å². The van der Waals surface area contributed by atoms with Crippen LogP contribution in [0.3, 0.4) is 0 Å². The van der Waals surface area contributed by atoms with Crippen LogP contribution in [0.25, 0.3) is 0 Å². The zero-order chi connectivity index (χ0) is 12.9. The van der Waals surface area contributed by atoms with Gasteiger partial charge in [-0.1, -0.05) is 34.1 Å². The first-order chi connectivity index (χ1) is 7.91. The van der Waals surface area contributed by atoms with E-state index in [1.165, 1.54) is 5.56 Å². The maximum atomic E-state index is 11.8. The Kier molecular flexibility index (Phi) is 5.83. The summed E-state index contributed by atoms with van der Waals surface area (Å²) in [4.78, 5) is 0. The van der Waals surface area contributed by atoms with Gasteiger partial charge in [0.2, 0.25) is 0 Å². The molecule has 0 aliphatic rings. The van der Waals surface area contributed by atoms with Crippen molar-refractivity contribution in [1.29, 1.82) is 0 Å². The third kappa shape index (κ3) is 5.32. The summed E-state index contributed by atoms with van der Waals surface area (Å²) >= 11 is 3.51. The van der Waals surface area contributed by atoms with Gasteiger partial charge in [-0.15, -0.1) is 0 Å². The molecule has 4 heteroatoms. The maximum Gasteiger partial charge on any atom is 0.0375 e. The molecule has 1 atom stereocenters. The number of hydrogen-bond donors (Lipinski definition) is 1. The van der Waals surface area contributed by atoms with Crippen LogP contribution in [0.2, 0.25) is 0 Å². The Morgan fingerprint density at radius 2 is 1.94 bits per heavy atom. The van der Waals surface area contributed by atoms with E-state index in [1.807, 2.05) is 39.0 Å². The summed E-state index contributed by atoms with van der Waals surface area (Å²) in [5.41, 5.74) is 1.23. The van der Waals surface area contributed by atoms with Crippen LogP contribution in [0, 0.1) is 0 Å². The number of benzene rings is 1. The van der Waals surface area contributed by atoms with Crippen LogP contribution in [0.1, 0.15) is 26.3 Å². The Hall–Kier alpha value is -0.190. The molecule has 1 aromatic carbocycles. The Morgan fingerprint density at radius 3 is 2.53 bits per heavy atom. The lowest BCUT2D eigenvalue weighted by molar-refractivity contribution is 0.640. The lowest BCUT2D eigenvalue weighted by atomic mass is 10.2. The van der Waals surface area contributed by atoms with Gasteiger partial charge in [-0.2, -0.15) is 0 Å². The van der Waals surface area contributed by atoms with E-state index < -0.39 is 10.8 Å². The Balaban J connectivity index is 2.30. The van der Waals surface area contributed by atoms with Crippen LogP contribution in [0.4, 0.5) is 0 Å². The second kappa shape index (κ2) is 6.66. The molecule has 0 aromatic heterocycles. The summed E-state index contributed by atoms with van der Waals surface area (Å²) < 4.78 is 12.8. The quantitative estimate of drug-likeness (QED) is 0.845. The second-order valence-corrected chi connectivity index (χ2v) is 8.11. The van der Waals surface area contributed by atoms with Gasteiger partial charge in [-0.05, 0) is 32.4 Å². The fraction of sp³-hybridized carbons (Fsp3) is 0.538. The molecule has 96 valence electrons. The van der Waals surface area contributed by atoms with Crippen molar-refractivity contribution in [2.75, 3.05) is 12.3 Å². The van der Waals surface area contributed by atoms with Crippen LogP contribution in [0.15, 0.2) is 28.7 Å². The van der Waals surface area contributed by atoms with Crippen LogP contribution in [-0.4, -0.2) is 21.3 Å². The number of rotatable bonds is 5. The fourth-order valence-electron chi connectivity index (χ4n) is 1.34. The van der Waals surface area contributed by atoms with Crippen LogP contribution in [0.5, 0.6) is 0 Å². The van der Waals surface area contributed by atoms with Gasteiger partial charge in [0.25, 0.3) is 0 Å². The lowest BCUT2D eigenvalue weighted by Gasteiger charge is -2.17. The van der Waals surface area contributed by atoms with Gasteiger partial charge in [0.1, 0.15) is 0 Å². The third-order valence-electron chi connectivity index (χ3n) is 2.42. The van der Waals surface area contributed by atoms with E-state index in [0.717, 1.165) is 17.6 Å². The number of halogens is 1. The van der Waals surface area contributed by atoms with Crippen molar-refractivity contribution in [3.8, 4) is 0 Å². The van der Waals surface area contributed by atoms with E-state index in [4.69, 9.17) is 0 Å². The standard InChI is InChI=1S/C13H20BrNOS/c1-13(2,3)17(16)9-8-15-10-11-6-4-5-7-12(11)14/h4-7,15H,8-10H2,1-3H3/t17-/m0/s1. The van der Waals surface area contributed by atoms with Crippen molar-refractivity contribution in [2.24, 2.45) is 0 Å². The molecule has 0 saturated carbocycles. The van der Waals surface area contributed by atoms with Crippen molar-refractivity contribution in [2.45, 2.75) is 32.1 Å². The molecular weight excluding hydrogens is 298 g/mol. The molecule has 0 spiro atoms. The molecule has 2 nitrogen and oxygen atoms in total. The van der Waals surface area contributed by atoms with Gasteiger partial charge >= 0.3 is 0 Å². The summed E-state index contributed by atoms with van der Waals surface area (Å²) in [5.74, 6) is 0.702. The average Bonchev–Trinajstić information content (AvgIpc) is 2.25. The first-order valence-corrected chi connectivity index (χ1v) is 7.85. The van der Waals surface area contributed by atoms with Gasteiger partial charge in [0, 0.05) is 38.9 Å². The van der Waals surface area contributed by atoms with E-state index in [-0.39, 0.29) is 4.75 Å². The largest absolute Gasteiger partial charge is 0.312 e. The molecule has 0 heterocycles. The van der Waals surface area contributed by atoms with Crippen LogP contribution in [-0.2, 0) is 17.3 Å². The van der Waals surface area contributed by atoms with Gasteiger partial charge in [-0.3, -0.25) is 4.21 Å². The molecule has 0 unspecified atom stereocenters. The Bertz CT molecular complexity index is 387. The molecule has 1 rings (SSSR count). The zero-order valence-electron chi connectivity index (χ0n) is 10.6. The smallest absolute Gasteiger partial charge is 0.0375 e. The SMILES string of the molecule is CC(C)(C)[S@@](=O)CCNCc1ccccc1Br. The predicted molar refractivity (Wildman–Crippen MR) is 78.6 cm³/mol. The third-order valence-corrected chi connectivity index (χ3v) is 5.14. The van der Waals surface area contributed by atoms with E-state index in [2.05, 4.69) is 27.3 Å². The minimum absolute atomic E-state index is 0.116. The number of hydrogen-bond acceptors (Lipinski definition) is 2. The summed E-state index contributed by atoms with van der Waals surface area (Å²) in [6.45, 7) is 7.62. The predicted octanol–water partition coefficient (Wildman–Crippen LogP) is 3.09. The molecule has 1 aromatic rings. The van der Waals surface area contributed by atoms with E-state index in [1.54, 1.807) is 0 Å². The van der Waals surface area contributed by atoms with Gasteiger partial charge in [0.15, 0.2) is 0 Å². The normalized spacial score (nSPS) is 13.6. The van der Waals surface area contributed by atoms with Gasteiger partial charge in [-0.25, -0.2) is 0 Å². The average molecular weight is 318 g/mol. The molecule has 0 radical (unpaired) electrons. The number of nitrogens with one attached hydrogen (secondary N) is 1. The van der Waals surface area contributed by atoms with Crippen molar-refractivity contribution in [3.63, 3.8) is 0 Å². The first kappa shape index (κ1) is 14.9. The summed E-state index contributed by atoms with van der Waals surface area (Å²) in [5, 5.41) is 3.32. The Morgan fingerprint density at radius 1 is 1.29 bits per heavy atom. The summed E-state index contributed by atoms with van der Waals surface area (Å²) in [6, 6.07) is 8.14. The fourth-order valence-corrected chi connectivity index (χ4v) is 2.70. The highest BCUT2D eigenvalue weighted by Crippen LogP contribution is 2.15. The topological polar surface area (TPSA) is 29.1 Å². The highest BCUT2D eigenvalue weighted by molar-refractivity contribution is 9.10. The van der Waals surface area contributed by atoms with Gasteiger partial charge in [0.05, 0.1) is 0 Å². The molecule has 1 N–H and O–H groups in total. The van der Waals surface area contributed by atoms with Gasteiger partial charge < -0.3 is 5.32 Å². The minimum atomic E-state index is -0.775. The Labute approximate surface area is 115 Å². The monoisotopic (exact) mass is 317 g/mol. The highest BCUT2D eigenvalue weighted by Gasteiger charge is 2.18. The molecule has 0 amide bonds. The van der Waals surface area contributed by atoms with E-state index >= 15 is 0 Å². The van der Waals surface area contributed by atoms with Crippen molar-refractivity contribution >= 4 is 26.7 Å². The van der Waals surface area contributed by atoms with Crippen LogP contribution < -0.4 is 5.32 Å². The lowest BCUT2D eigenvalue weighted by Crippen LogP contribution is -2.29. The molecule has 0 saturated heterocycles. The molecule has 0 bridgehead atoms. The molecule has 0 fully saturated rings. The molecule has 17 heavy (non-hydrogen) atoms. The zero-order valence-corrected chi connectivity index (χ0v) is 13.0. The summed E-state index contributed by atoms with van der Waals surface area (Å²) in [6.07, 6.45) is 0. The molecule has 0 aliphatic heterocycles. The van der Waals surface area contributed by atoms with E-state index in [0.29, 0.717) is 5.75 Å². The van der Waals surface area contributed by atoms with Crippen LogP contribution >= 0.6 is 15.9 Å². The summed E-state index contributed by atoms with van der Waals surface area (Å²) in [7, 11) is -0.775. The molecule has 0 aliphatic carbocycles. The first-order valence-electron chi connectivity index (χ1n) is 5.74. The van der Waals surface area contributed by atoms with E-state index in [9.17, 15) is 4.21 Å². The second-order valence-electron chi connectivity index (χ2n) is 4.93. The van der Waals surface area contributed by atoms with Crippen molar-refractivity contribution in [3.05, 3.63) is 34.3 Å². The maximum absolute atomic E-state index is 11.8.